The average molecular weight is 248 g/mol. The molecule has 0 spiro atoms. The largest absolute Gasteiger partial charge is 0.496 e. The highest BCUT2D eigenvalue weighted by atomic mass is 16.5. The van der Waals surface area contributed by atoms with E-state index in [4.69, 9.17) is 4.74 Å². The van der Waals surface area contributed by atoms with Crippen molar-refractivity contribution in [3.05, 3.63) is 29.3 Å². The molecule has 1 heterocycles. The van der Waals surface area contributed by atoms with Gasteiger partial charge in [-0.2, -0.15) is 0 Å². The van der Waals surface area contributed by atoms with Crippen molar-refractivity contribution in [1.29, 1.82) is 0 Å². The minimum atomic E-state index is 0.719. The maximum Gasteiger partial charge on any atom is 0.123 e. The molecule has 0 saturated carbocycles. The molecule has 1 aliphatic heterocycles. The molecule has 1 saturated heterocycles. The molecule has 2 N–H and O–H groups in total. The number of hydrogen-bond acceptors (Lipinski definition) is 3. The Labute approximate surface area is 110 Å². The first kappa shape index (κ1) is 13.4. The van der Waals surface area contributed by atoms with E-state index >= 15 is 0 Å². The van der Waals surface area contributed by atoms with Crippen LogP contribution in [0.4, 0.5) is 0 Å². The summed E-state index contributed by atoms with van der Waals surface area (Å²) in [6, 6.07) is 7.05. The summed E-state index contributed by atoms with van der Waals surface area (Å²) in [5.74, 6) is 0.979. The molecule has 100 valence electrons. The smallest absolute Gasteiger partial charge is 0.123 e. The van der Waals surface area contributed by atoms with Crippen LogP contribution in [0, 0.1) is 6.92 Å². The molecule has 0 aliphatic carbocycles. The van der Waals surface area contributed by atoms with E-state index in [2.05, 4.69) is 29.7 Å². The lowest BCUT2D eigenvalue weighted by molar-refractivity contribution is 0.407. The van der Waals surface area contributed by atoms with Crippen LogP contribution in [0.5, 0.6) is 5.75 Å². The fourth-order valence-electron chi connectivity index (χ4n) is 2.55. The third-order valence-electron chi connectivity index (χ3n) is 3.58. The topological polar surface area (TPSA) is 33.3 Å². The highest BCUT2D eigenvalue weighted by Crippen LogP contribution is 2.19. The first-order valence-electron chi connectivity index (χ1n) is 6.87. The molecule has 3 heteroatoms. The summed E-state index contributed by atoms with van der Waals surface area (Å²) in [7, 11) is 1.73. The molecule has 0 aromatic heterocycles. The standard InChI is InChI=1S/C15H24N2O/c1-12-5-6-15(18-2)13(10-12)11-16-9-7-14-4-3-8-17-14/h5-6,10,14,16-17H,3-4,7-9,11H2,1-2H3. The maximum atomic E-state index is 5.38. The van der Waals surface area contributed by atoms with Crippen LogP contribution in [0.15, 0.2) is 18.2 Å². The Morgan fingerprint density at radius 3 is 3.06 bits per heavy atom. The fourth-order valence-corrected chi connectivity index (χ4v) is 2.55. The summed E-state index contributed by atoms with van der Waals surface area (Å²) < 4.78 is 5.38. The van der Waals surface area contributed by atoms with Crippen LogP contribution in [0.1, 0.15) is 30.4 Å². The van der Waals surface area contributed by atoms with Gasteiger partial charge < -0.3 is 15.4 Å². The number of hydrogen-bond donors (Lipinski definition) is 2. The predicted octanol–water partition coefficient (Wildman–Crippen LogP) is 2.24. The number of benzene rings is 1. The van der Waals surface area contributed by atoms with Crippen LogP contribution in [-0.4, -0.2) is 26.2 Å². The summed E-state index contributed by atoms with van der Waals surface area (Å²) in [5.41, 5.74) is 2.53. The molecule has 1 aliphatic rings. The molecule has 3 nitrogen and oxygen atoms in total. The van der Waals surface area contributed by atoms with Crippen molar-refractivity contribution in [2.45, 2.75) is 38.8 Å². The van der Waals surface area contributed by atoms with Crippen LogP contribution in [-0.2, 0) is 6.54 Å². The van der Waals surface area contributed by atoms with Gasteiger partial charge in [0.25, 0.3) is 0 Å². The molecular weight excluding hydrogens is 224 g/mol. The van der Waals surface area contributed by atoms with Gasteiger partial charge in [0.2, 0.25) is 0 Å². The summed E-state index contributed by atoms with van der Waals surface area (Å²) in [4.78, 5) is 0. The minimum absolute atomic E-state index is 0.719. The second-order valence-electron chi connectivity index (χ2n) is 5.07. The van der Waals surface area contributed by atoms with Gasteiger partial charge >= 0.3 is 0 Å². The zero-order valence-electron chi connectivity index (χ0n) is 11.5. The molecular formula is C15H24N2O. The lowest BCUT2D eigenvalue weighted by atomic mass is 10.1. The van der Waals surface area contributed by atoms with Crippen LogP contribution >= 0.6 is 0 Å². The van der Waals surface area contributed by atoms with Crippen LogP contribution < -0.4 is 15.4 Å². The molecule has 1 aromatic rings. The molecule has 1 unspecified atom stereocenters. The van der Waals surface area contributed by atoms with E-state index in [1.165, 1.54) is 36.9 Å². The quantitative estimate of drug-likeness (QED) is 0.757. The molecule has 0 amide bonds. The number of nitrogens with one attached hydrogen (secondary N) is 2. The number of methoxy groups -OCH3 is 1. The normalized spacial score (nSPS) is 19.1. The van der Waals surface area contributed by atoms with Gasteiger partial charge in [0.1, 0.15) is 5.75 Å². The Hall–Kier alpha value is -1.06. The Bertz CT molecular complexity index is 373. The van der Waals surface area contributed by atoms with E-state index in [1.54, 1.807) is 7.11 Å². The Kier molecular flexibility index (Phi) is 5.02. The van der Waals surface area contributed by atoms with Crippen molar-refractivity contribution in [1.82, 2.24) is 10.6 Å². The van der Waals surface area contributed by atoms with Crippen LogP contribution in [0.2, 0.25) is 0 Å². The molecule has 0 radical (unpaired) electrons. The first-order chi connectivity index (χ1) is 8.79. The molecule has 2 rings (SSSR count). The third-order valence-corrected chi connectivity index (χ3v) is 3.58. The molecule has 1 aromatic carbocycles. The number of aryl methyl sites for hydroxylation is 1. The van der Waals surface area contributed by atoms with Crippen molar-refractivity contribution in [3.63, 3.8) is 0 Å². The van der Waals surface area contributed by atoms with Gasteiger partial charge in [-0.15, -0.1) is 0 Å². The van der Waals surface area contributed by atoms with Crippen molar-refractivity contribution >= 4 is 0 Å². The van der Waals surface area contributed by atoms with Gasteiger partial charge in [-0.25, -0.2) is 0 Å². The van der Waals surface area contributed by atoms with Crippen LogP contribution in [0.3, 0.4) is 0 Å². The SMILES string of the molecule is COc1ccc(C)cc1CNCCC1CCCN1. The van der Waals surface area contributed by atoms with Crippen molar-refractivity contribution in [2.24, 2.45) is 0 Å². The van der Waals surface area contributed by atoms with Gasteiger partial charge in [0.15, 0.2) is 0 Å². The molecule has 1 atom stereocenters. The van der Waals surface area contributed by atoms with Crippen LogP contribution in [0.25, 0.3) is 0 Å². The predicted molar refractivity (Wildman–Crippen MR) is 75.1 cm³/mol. The molecule has 0 bridgehead atoms. The fraction of sp³-hybridized carbons (Fsp3) is 0.600. The van der Waals surface area contributed by atoms with Crippen molar-refractivity contribution in [2.75, 3.05) is 20.2 Å². The van der Waals surface area contributed by atoms with Crippen molar-refractivity contribution < 1.29 is 4.74 Å². The number of rotatable bonds is 6. The van der Waals surface area contributed by atoms with Crippen molar-refractivity contribution in [3.8, 4) is 5.75 Å². The Morgan fingerprint density at radius 2 is 2.33 bits per heavy atom. The van der Waals surface area contributed by atoms with E-state index < -0.39 is 0 Å². The average Bonchev–Trinajstić information content (AvgIpc) is 2.88. The van der Waals surface area contributed by atoms with Gasteiger partial charge in [0, 0.05) is 18.2 Å². The van der Waals surface area contributed by atoms with Gasteiger partial charge in [-0.05, 0) is 45.3 Å². The minimum Gasteiger partial charge on any atom is -0.496 e. The highest BCUT2D eigenvalue weighted by molar-refractivity contribution is 5.36. The summed E-state index contributed by atoms with van der Waals surface area (Å²) >= 11 is 0. The molecule has 1 fully saturated rings. The molecule has 18 heavy (non-hydrogen) atoms. The lowest BCUT2D eigenvalue weighted by Crippen LogP contribution is -2.26. The summed E-state index contributed by atoms with van der Waals surface area (Å²) in [6.07, 6.45) is 3.87. The number of ether oxygens (including phenoxy) is 1. The highest BCUT2D eigenvalue weighted by Gasteiger charge is 2.12. The van der Waals surface area contributed by atoms with E-state index in [-0.39, 0.29) is 0 Å². The third kappa shape index (κ3) is 3.72. The second-order valence-corrected chi connectivity index (χ2v) is 5.07. The zero-order chi connectivity index (χ0) is 12.8. The van der Waals surface area contributed by atoms with E-state index in [9.17, 15) is 0 Å². The van der Waals surface area contributed by atoms with E-state index in [0.29, 0.717) is 0 Å². The van der Waals surface area contributed by atoms with E-state index in [1.807, 2.05) is 6.07 Å². The lowest BCUT2D eigenvalue weighted by Gasteiger charge is -2.13. The Morgan fingerprint density at radius 1 is 1.44 bits per heavy atom. The Balaban J connectivity index is 1.76. The zero-order valence-corrected chi connectivity index (χ0v) is 11.5. The van der Waals surface area contributed by atoms with Gasteiger partial charge in [0.05, 0.1) is 7.11 Å². The van der Waals surface area contributed by atoms with Gasteiger partial charge in [-0.1, -0.05) is 17.7 Å². The summed E-state index contributed by atoms with van der Waals surface area (Å²) in [5, 5.41) is 7.03. The summed E-state index contributed by atoms with van der Waals surface area (Å²) in [6.45, 7) is 5.26. The van der Waals surface area contributed by atoms with E-state index in [0.717, 1.165) is 24.9 Å². The second kappa shape index (κ2) is 6.76. The monoisotopic (exact) mass is 248 g/mol. The van der Waals surface area contributed by atoms with Gasteiger partial charge in [-0.3, -0.25) is 0 Å². The maximum absolute atomic E-state index is 5.38. The first-order valence-corrected chi connectivity index (χ1v) is 6.87.